The minimum atomic E-state index is -0.394. The SMILES string of the molecule is CNC1(C)CCN(C(=O)c2cccc(C)c2F)CC1. The Hall–Kier alpha value is -1.42. The summed E-state index contributed by atoms with van der Waals surface area (Å²) < 4.78 is 14.0. The van der Waals surface area contributed by atoms with Crippen molar-refractivity contribution in [3.8, 4) is 0 Å². The van der Waals surface area contributed by atoms with Gasteiger partial charge in [-0.3, -0.25) is 4.79 Å². The number of carbonyl (C=O) groups is 1. The van der Waals surface area contributed by atoms with Gasteiger partial charge >= 0.3 is 0 Å². The van der Waals surface area contributed by atoms with Gasteiger partial charge in [-0.05, 0) is 45.4 Å². The van der Waals surface area contributed by atoms with E-state index in [1.807, 2.05) is 7.05 Å². The minimum Gasteiger partial charge on any atom is -0.338 e. The van der Waals surface area contributed by atoms with E-state index in [2.05, 4.69) is 12.2 Å². The third kappa shape index (κ3) is 2.78. The summed E-state index contributed by atoms with van der Waals surface area (Å²) in [5.41, 5.74) is 0.790. The highest BCUT2D eigenvalue weighted by Crippen LogP contribution is 2.23. The molecule has 0 saturated carbocycles. The Labute approximate surface area is 113 Å². The molecule has 1 aliphatic heterocycles. The number of amides is 1. The van der Waals surface area contributed by atoms with Crippen LogP contribution in [0.4, 0.5) is 4.39 Å². The number of carbonyl (C=O) groups excluding carboxylic acids is 1. The molecule has 1 aromatic carbocycles. The van der Waals surface area contributed by atoms with Gasteiger partial charge in [0.2, 0.25) is 0 Å². The van der Waals surface area contributed by atoms with Crippen LogP contribution in [-0.4, -0.2) is 36.5 Å². The second-order valence-corrected chi connectivity index (χ2v) is 5.54. The van der Waals surface area contributed by atoms with Gasteiger partial charge in [0, 0.05) is 18.6 Å². The van der Waals surface area contributed by atoms with Gasteiger partial charge < -0.3 is 10.2 Å². The second kappa shape index (κ2) is 5.29. The first-order valence-electron chi connectivity index (χ1n) is 6.70. The molecule has 0 unspecified atom stereocenters. The molecule has 104 valence electrons. The molecule has 3 nitrogen and oxygen atoms in total. The summed E-state index contributed by atoms with van der Waals surface area (Å²) in [6, 6.07) is 4.98. The van der Waals surface area contributed by atoms with E-state index in [9.17, 15) is 9.18 Å². The number of rotatable bonds is 2. The maximum absolute atomic E-state index is 14.0. The Morgan fingerprint density at radius 2 is 2.00 bits per heavy atom. The molecule has 1 saturated heterocycles. The normalized spacial score (nSPS) is 18.4. The lowest BCUT2D eigenvalue weighted by atomic mass is 9.89. The highest BCUT2D eigenvalue weighted by molar-refractivity contribution is 5.94. The van der Waals surface area contributed by atoms with E-state index in [4.69, 9.17) is 0 Å². The molecule has 0 bridgehead atoms. The quantitative estimate of drug-likeness (QED) is 0.889. The largest absolute Gasteiger partial charge is 0.338 e. The van der Waals surface area contributed by atoms with E-state index in [-0.39, 0.29) is 17.0 Å². The number of hydrogen-bond acceptors (Lipinski definition) is 2. The summed E-state index contributed by atoms with van der Waals surface area (Å²) in [4.78, 5) is 14.1. The maximum atomic E-state index is 14.0. The van der Waals surface area contributed by atoms with Gasteiger partial charge in [0.1, 0.15) is 5.82 Å². The van der Waals surface area contributed by atoms with Crippen LogP contribution in [0.15, 0.2) is 18.2 Å². The number of benzene rings is 1. The predicted molar refractivity (Wildman–Crippen MR) is 73.7 cm³/mol. The zero-order valence-corrected chi connectivity index (χ0v) is 11.8. The van der Waals surface area contributed by atoms with Crippen LogP contribution in [0.3, 0.4) is 0 Å². The first-order chi connectivity index (χ1) is 8.97. The van der Waals surface area contributed by atoms with Crippen molar-refractivity contribution in [3.63, 3.8) is 0 Å². The van der Waals surface area contributed by atoms with Gasteiger partial charge in [0.25, 0.3) is 5.91 Å². The number of aryl methyl sites for hydroxylation is 1. The number of nitrogens with one attached hydrogen (secondary N) is 1. The van der Waals surface area contributed by atoms with Gasteiger partial charge in [0.15, 0.2) is 0 Å². The zero-order chi connectivity index (χ0) is 14.0. The van der Waals surface area contributed by atoms with Crippen LogP contribution in [0.25, 0.3) is 0 Å². The van der Waals surface area contributed by atoms with Crippen molar-refractivity contribution in [1.29, 1.82) is 0 Å². The smallest absolute Gasteiger partial charge is 0.256 e. The van der Waals surface area contributed by atoms with Crippen molar-refractivity contribution in [2.24, 2.45) is 0 Å². The standard InChI is InChI=1S/C15H21FN2O/c1-11-5-4-6-12(13(11)16)14(19)18-9-7-15(2,17-3)8-10-18/h4-6,17H,7-10H2,1-3H3. The molecule has 0 aliphatic carbocycles. The molecule has 4 heteroatoms. The van der Waals surface area contributed by atoms with Crippen molar-refractivity contribution in [2.45, 2.75) is 32.2 Å². The highest BCUT2D eigenvalue weighted by atomic mass is 19.1. The molecule has 1 N–H and O–H groups in total. The van der Waals surface area contributed by atoms with Crippen molar-refractivity contribution in [3.05, 3.63) is 35.1 Å². The van der Waals surface area contributed by atoms with E-state index in [0.717, 1.165) is 12.8 Å². The van der Waals surface area contributed by atoms with E-state index >= 15 is 0 Å². The molecule has 19 heavy (non-hydrogen) atoms. The van der Waals surface area contributed by atoms with E-state index in [0.29, 0.717) is 18.7 Å². The molecular weight excluding hydrogens is 243 g/mol. The molecule has 1 aromatic rings. The summed E-state index contributed by atoms with van der Waals surface area (Å²) in [6.07, 6.45) is 1.78. The fourth-order valence-electron chi connectivity index (χ4n) is 2.44. The summed E-state index contributed by atoms with van der Waals surface area (Å²) >= 11 is 0. The number of likely N-dealkylation sites (tertiary alicyclic amines) is 1. The van der Waals surface area contributed by atoms with Crippen molar-refractivity contribution >= 4 is 5.91 Å². The monoisotopic (exact) mass is 264 g/mol. The van der Waals surface area contributed by atoms with Gasteiger partial charge in [-0.2, -0.15) is 0 Å². The number of halogens is 1. The summed E-state index contributed by atoms with van der Waals surface area (Å²) in [5, 5.41) is 3.29. The van der Waals surface area contributed by atoms with Gasteiger partial charge in [-0.25, -0.2) is 4.39 Å². The summed E-state index contributed by atoms with van der Waals surface area (Å²) in [5.74, 6) is -0.589. The maximum Gasteiger partial charge on any atom is 0.256 e. The Kier molecular flexibility index (Phi) is 3.90. The third-order valence-electron chi connectivity index (χ3n) is 4.18. The average molecular weight is 264 g/mol. The van der Waals surface area contributed by atoms with Crippen LogP contribution in [0, 0.1) is 12.7 Å². The fraction of sp³-hybridized carbons (Fsp3) is 0.533. The molecule has 1 heterocycles. The minimum absolute atomic E-state index is 0.0852. The molecule has 1 amide bonds. The summed E-state index contributed by atoms with van der Waals surface area (Å²) in [7, 11) is 1.94. The predicted octanol–water partition coefficient (Wildman–Crippen LogP) is 2.35. The van der Waals surface area contributed by atoms with E-state index in [1.165, 1.54) is 0 Å². The van der Waals surface area contributed by atoms with Crippen LogP contribution in [0.1, 0.15) is 35.7 Å². The lowest BCUT2D eigenvalue weighted by Crippen LogP contribution is -2.51. The van der Waals surface area contributed by atoms with Crippen LogP contribution >= 0.6 is 0 Å². The molecule has 1 aliphatic rings. The first-order valence-corrected chi connectivity index (χ1v) is 6.70. The lowest BCUT2D eigenvalue weighted by Gasteiger charge is -2.39. The van der Waals surface area contributed by atoms with Crippen molar-refractivity contribution in [1.82, 2.24) is 10.2 Å². The summed E-state index contributed by atoms with van der Waals surface area (Å²) in [6.45, 7) is 5.18. The van der Waals surface area contributed by atoms with Crippen LogP contribution in [-0.2, 0) is 0 Å². The Morgan fingerprint density at radius 1 is 1.37 bits per heavy atom. The van der Waals surface area contributed by atoms with E-state index < -0.39 is 5.82 Å². The van der Waals surface area contributed by atoms with Crippen LogP contribution in [0.5, 0.6) is 0 Å². The Bertz CT molecular complexity index is 479. The fourth-order valence-corrected chi connectivity index (χ4v) is 2.44. The van der Waals surface area contributed by atoms with Crippen LogP contribution < -0.4 is 5.32 Å². The first kappa shape index (κ1) is 14.0. The molecule has 0 radical (unpaired) electrons. The third-order valence-corrected chi connectivity index (χ3v) is 4.18. The molecule has 1 fully saturated rings. The Balaban J connectivity index is 2.12. The highest BCUT2D eigenvalue weighted by Gasteiger charge is 2.31. The second-order valence-electron chi connectivity index (χ2n) is 5.54. The number of piperidine rings is 1. The molecule has 0 spiro atoms. The zero-order valence-electron chi connectivity index (χ0n) is 11.8. The van der Waals surface area contributed by atoms with E-state index in [1.54, 1.807) is 30.0 Å². The van der Waals surface area contributed by atoms with Gasteiger partial charge in [-0.15, -0.1) is 0 Å². The van der Waals surface area contributed by atoms with Crippen LogP contribution in [0.2, 0.25) is 0 Å². The number of hydrogen-bond donors (Lipinski definition) is 1. The van der Waals surface area contributed by atoms with Crippen molar-refractivity contribution in [2.75, 3.05) is 20.1 Å². The Morgan fingerprint density at radius 3 is 2.58 bits per heavy atom. The topological polar surface area (TPSA) is 32.3 Å². The molecule has 0 aromatic heterocycles. The number of nitrogens with zero attached hydrogens (tertiary/aromatic N) is 1. The van der Waals surface area contributed by atoms with Gasteiger partial charge in [0.05, 0.1) is 5.56 Å². The molecular formula is C15H21FN2O. The van der Waals surface area contributed by atoms with Gasteiger partial charge in [-0.1, -0.05) is 12.1 Å². The molecule has 0 atom stereocenters. The van der Waals surface area contributed by atoms with Crippen molar-refractivity contribution < 1.29 is 9.18 Å². The molecule has 2 rings (SSSR count). The average Bonchev–Trinajstić information content (AvgIpc) is 2.42. The lowest BCUT2D eigenvalue weighted by molar-refractivity contribution is 0.0657.